The second-order valence-electron chi connectivity index (χ2n) is 8.11. The minimum Gasteiger partial charge on any atom is -0.335 e. The molecule has 2 fully saturated rings. The summed E-state index contributed by atoms with van der Waals surface area (Å²) in [6.45, 7) is 2.53. The average Bonchev–Trinajstić information content (AvgIpc) is 3.11. The van der Waals surface area contributed by atoms with Gasteiger partial charge in [0.1, 0.15) is 6.33 Å². The van der Waals surface area contributed by atoms with Crippen LogP contribution in [0.5, 0.6) is 0 Å². The number of carbonyl (C=O) groups excluding carboxylic acids is 1. The first-order chi connectivity index (χ1) is 14.2. The third-order valence-electron chi connectivity index (χ3n) is 5.96. The molecule has 0 radical (unpaired) electrons. The molecular weight excluding hydrogens is 384 g/mol. The molecule has 0 bridgehead atoms. The molecule has 8 heteroatoms. The standard InChI is InChI=1S/C21H30N6OS/c28-20(23-17-7-3-1-4-8-17)24-18-11-13-25(14-12-18)16-27-21(29)26(15-22-27)19-9-5-2-6-10-19/h2,5-6,9-10,15,17-18H,1,3-4,7-8,11-14,16H2,(H2,23,24,28). The fraction of sp³-hybridized carbons (Fsp3) is 0.571. The van der Waals surface area contributed by atoms with Crippen LogP contribution in [0, 0.1) is 4.77 Å². The highest BCUT2D eigenvalue weighted by Crippen LogP contribution is 2.17. The van der Waals surface area contributed by atoms with Crippen LogP contribution in [0.25, 0.3) is 5.69 Å². The number of aromatic nitrogens is 3. The van der Waals surface area contributed by atoms with Gasteiger partial charge in [0.05, 0.1) is 6.67 Å². The maximum absolute atomic E-state index is 12.3. The van der Waals surface area contributed by atoms with Crippen LogP contribution in [0.1, 0.15) is 44.9 Å². The summed E-state index contributed by atoms with van der Waals surface area (Å²) < 4.78 is 4.49. The van der Waals surface area contributed by atoms with E-state index < -0.39 is 0 Å². The topological polar surface area (TPSA) is 67.1 Å². The van der Waals surface area contributed by atoms with Crippen molar-refractivity contribution < 1.29 is 4.79 Å². The highest BCUT2D eigenvalue weighted by Gasteiger charge is 2.23. The van der Waals surface area contributed by atoms with Crippen LogP contribution in [0.2, 0.25) is 0 Å². The Hall–Kier alpha value is -2.19. The fourth-order valence-electron chi connectivity index (χ4n) is 4.27. The second-order valence-corrected chi connectivity index (χ2v) is 8.47. The van der Waals surface area contributed by atoms with E-state index >= 15 is 0 Å². The third-order valence-corrected chi connectivity index (χ3v) is 6.37. The number of nitrogens with zero attached hydrogens (tertiary/aromatic N) is 4. The fourth-order valence-corrected chi connectivity index (χ4v) is 4.52. The molecule has 2 aromatic rings. The molecule has 2 heterocycles. The Kier molecular flexibility index (Phi) is 6.61. The third kappa shape index (κ3) is 5.25. The second kappa shape index (κ2) is 9.54. The molecule has 0 spiro atoms. The van der Waals surface area contributed by atoms with E-state index in [1.54, 1.807) is 6.33 Å². The van der Waals surface area contributed by atoms with Crippen LogP contribution in [-0.2, 0) is 6.67 Å². The highest BCUT2D eigenvalue weighted by atomic mass is 32.1. The van der Waals surface area contributed by atoms with Crippen molar-refractivity contribution in [3.63, 3.8) is 0 Å². The first kappa shape index (κ1) is 20.1. The van der Waals surface area contributed by atoms with E-state index in [-0.39, 0.29) is 12.1 Å². The Labute approximate surface area is 177 Å². The Morgan fingerprint density at radius 3 is 2.34 bits per heavy atom. The van der Waals surface area contributed by atoms with Crippen molar-refractivity contribution in [3.8, 4) is 5.69 Å². The van der Waals surface area contributed by atoms with Gasteiger partial charge in [0, 0.05) is 30.9 Å². The molecule has 2 N–H and O–H groups in total. The number of carbonyl (C=O) groups is 1. The molecule has 29 heavy (non-hydrogen) atoms. The number of likely N-dealkylation sites (tertiary alicyclic amines) is 1. The van der Waals surface area contributed by atoms with Gasteiger partial charge in [-0.05, 0) is 50.0 Å². The average molecular weight is 415 g/mol. The predicted molar refractivity (Wildman–Crippen MR) is 116 cm³/mol. The van der Waals surface area contributed by atoms with Crippen molar-refractivity contribution in [3.05, 3.63) is 41.4 Å². The number of amides is 2. The number of benzene rings is 1. The molecule has 2 aliphatic rings. The van der Waals surface area contributed by atoms with Gasteiger partial charge in [0.2, 0.25) is 4.77 Å². The maximum Gasteiger partial charge on any atom is 0.315 e. The van der Waals surface area contributed by atoms with Crippen molar-refractivity contribution in [2.75, 3.05) is 13.1 Å². The molecule has 1 saturated carbocycles. The molecule has 1 aliphatic carbocycles. The number of piperidine rings is 1. The van der Waals surface area contributed by atoms with E-state index in [4.69, 9.17) is 12.2 Å². The van der Waals surface area contributed by atoms with Crippen molar-refractivity contribution >= 4 is 18.2 Å². The Morgan fingerprint density at radius 2 is 1.66 bits per heavy atom. The summed E-state index contributed by atoms with van der Waals surface area (Å²) >= 11 is 5.61. The number of urea groups is 1. The van der Waals surface area contributed by atoms with E-state index in [0.717, 1.165) is 44.5 Å². The van der Waals surface area contributed by atoms with E-state index in [9.17, 15) is 4.79 Å². The lowest BCUT2D eigenvalue weighted by molar-refractivity contribution is 0.150. The predicted octanol–water partition coefficient (Wildman–Crippen LogP) is 3.46. The summed E-state index contributed by atoms with van der Waals surface area (Å²) in [5.74, 6) is 0. The summed E-state index contributed by atoms with van der Waals surface area (Å²) in [5, 5.41) is 10.8. The molecule has 1 aliphatic heterocycles. The largest absolute Gasteiger partial charge is 0.335 e. The molecule has 7 nitrogen and oxygen atoms in total. The lowest BCUT2D eigenvalue weighted by atomic mass is 9.96. The van der Waals surface area contributed by atoms with Crippen LogP contribution in [0.4, 0.5) is 4.79 Å². The zero-order valence-electron chi connectivity index (χ0n) is 16.8. The molecule has 0 atom stereocenters. The monoisotopic (exact) mass is 414 g/mol. The summed E-state index contributed by atoms with van der Waals surface area (Å²) in [5.41, 5.74) is 1.02. The Balaban J connectivity index is 1.24. The zero-order chi connectivity index (χ0) is 20.1. The zero-order valence-corrected chi connectivity index (χ0v) is 17.6. The summed E-state index contributed by atoms with van der Waals surface area (Å²) in [6.07, 6.45) is 9.66. The summed E-state index contributed by atoms with van der Waals surface area (Å²) in [6, 6.07) is 10.6. The van der Waals surface area contributed by atoms with Crippen LogP contribution in [-0.4, -0.2) is 50.5 Å². The smallest absolute Gasteiger partial charge is 0.315 e. The van der Waals surface area contributed by atoms with Crippen LogP contribution >= 0.6 is 12.2 Å². The highest BCUT2D eigenvalue weighted by molar-refractivity contribution is 7.71. The van der Waals surface area contributed by atoms with E-state index in [2.05, 4.69) is 20.6 Å². The summed E-state index contributed by atoms with van der Waals surface area (Å²) in [7, 11) is 0. The Morgan fingerprint density at radius 1 is 1.00 bits per heavy atom. The van der Waals surface area contributed by atoms with Gasteiger partial charge in [-0.2, -0.15) is 5.10 Å². The minimum absolute atomic E-state index is 0.000765. The van der Waals surface area contributed by atoms with Gasteiger partial charge >= 0.3 is 6.03 Å². The van der Waals surface area contributed by atoms with Crippen LogP contribution in [0.15, 0.2) is 36.7 Å². The van der Waals surface area contributed by atoms with Gasteiger partial charge < -0.3 is 10.6 Å². The van der Waals surface area contributed by atoms with Crippen molar-refractivity contribution in [2.24, 2.45) is 0 Å². The quantitative estimate of drug-likeness (QED) is 0.736. The maximum atomic E-state index is 12.3. The molecule has 0 unspecified atom stereocenters. The molecular formula is C21H30N6OS. The molecule has 4 rings (SSSR count). The SMILES string of the molecule is O=C(NC1CCCCC1)NC1CCN(Cn2ncn(-c3ccccc3)c2=S)CC1. The molecule has 1 aromatic carbocycles. The normalized spacial score (nSPS) is 19.2. The van der Waals surface area contributed by atoms with Gasteiger partial charge in [-0.25, -0.2) is 9.48 Å². The lowest BCUT2D eigenvalue weighted by Gasteiger charge is -2.32. The van der Waals surface area contributed by atoms with Gasteiger partial charge in [-0.3, -0.25) is 9.47 Å². The van der Waals surface area contributed by atoms with Crippen molar-refractivity contribution in [2.45, 2.75) is 63.7 Å². The Bertz CT molecular complexity index is 850. The number of nitrogens with one attached hydrogen (secondary N) is 2. The first-order valence-corrected chi connectivity index (χ1v) is 11.1. The molecule has 156 valence electrons. The number of rotatable bonds is 5. The van der Waals surface area contributed by atoms with Crippen LogP contribution < -0.4 is 10.6 Å². The van der Waals surface area contributed by atoms with E-state index in [1.807, 2.05) is 39.6 Å². The molecule has 1 aromatic heterocycles. The first-order valence-electron chi connectivity index (χ1n) is 10.7. The van der Waals surface area contributed by atoms with E-state index in [0.29, 0.717) is 17.5 Å². The van der Waals surface area contributed by atoms with Crippen LogP contribution in [0.3, 0.4) is 0 Å². The van der Waals surface area contributed by atoms with Gasteiger partial charge in [0.15, 0.2) is 0 Å². The lowest BCUT2D eigenvalue weighted by Crippen LogP contribution is -2.50. The minimum atomic E-state index is -0.000765. The number of hydrogen-bond acceptors (Lipinski definition) is 4. The van der Waals surface area contributed by atoms with E-state index in [1.165, 1.54) is 19.3 Å². The molecule has 1 saturated heterocycles. The number of para-hydroxylation sites is 1. The molecule has 2 amide bonds. The number of hydrogen-bond donors (Lipinski definition) is 2. The van der Waals surface area contributed by atoms with Gasteiger partial charge in [0.25, 0.3) is 0 Å². The van der Waals surface area contributed by atoms with Gasteiger partial charge in [-0.15, -0.1) is 0 Å². The van der Waals surface area contributed by atoms with Gasteiger partial charge in [-0.1, -0.05) is 37.5 Å². The van der Waals surface area contributed by atoms with Crippen molar-refractivity contribution in [1.29, 1.82) is 0 Å². The summed E-state index contributed by atoms with van der Waals surface area (Å²) in [4.78, 5) is 14.6. The van der Waals surface area contributed by atoms with Crippen molar-refractivity contribution in [1.82, 2.24) is 29.9 Å².